The maximum Gasteiger partial charge on any atom is 0.417 e. The molecule has 1 amide bonds. The Morgan fingerprint density at radius 3 is 2.72 bits per heavy atom. The average Bonchev–Trinajstić information content (AvgIpc) is 3.05. The summed E-state index contributed by atoms with van der Waals surface area (Å²) in [5.74, 6) is -0.907. The quantitative estimate of drug-likeness (QED) is 0.504. The lowest BCUT2D eigenvalue weighted by Crippen LogP contribution is -2.15. The van der Waals surface area contributed by atoms with E-state index in [0.717, 1.165) is 6.07 Å². The normalized spacial score (nSPS) is 19.0. The van der Waals surface area contributed by atoms with E-state index >= 15 is 0 Å². The molecular weight excluding hydrogens is 390 g/mol. The van der Waals surface area contributed by atoms with Gasteiger partial charge in [-0.25, -0.2) is 9.37 Å². The van der Waals surface area contributed by atoms with Gasteiger partial charge in [0.05, 0.1) is 29.4 Å². The number of aromatic nitrogens is 4. The van der Waals surface area contributed by atoms with Crippen molar-refractivity contribution in [1.82, 2.24) is 19.6 Å². The van der Waals surface area contributed by atoms with E-state index < -0.39 is 29.7 Å². The number of rotatable bonds is 3. The highest BCUT2D eigenvalue weighted by atomic mass is 19.4. The lowest BCUT2D eigenvalue weighted by atomic mass is 9.97. The van der Waals surface area contributed by atoms with Crippen LogP contribution >= 0.6 is 0 Å². The summed E-state index contributed by atoms with van der Waals surface area (Å²) >= 11 is 0. The number of hydrogen-bond donors (Lipinski definition) is 2. The first-order valence-electron chi connectivity index (χ1n) is 8.78. The molecule has 6 nitrogen and oxygen atoms in total. The molecule has 0 aliphatic heterocycles. The molecule has 10 heteroatoms. The molecular formula is C19H13F4N5O. The lowest BCUT2D eigenvalue weighted by Gasteiger charge is -2.14. The van der Waals surface area contributed by atoms with Crippen LogP contribution in [0.25, 0.3) is 27.7 Å². The van der Waals surface area contributed by atoms with Crippen molar-refractivity contribution >= 4 is 28.3 Å². The number of fused-ring (bicyclic) bond motifs is 2. The maximum atomic E-state index is 13.6. The van der Waals surface area contributed by atoms with Gasteiger partial charge >= 0.3 is 6.18 Å². The van der Waals surface area contributed by atoms with Crippen molar-refractivity contribution in [3.63, 3.8) is 0 Å². The van der Waals surface area contributed by atoms with Crippen LogP contribution in [-0.2, 0) is 11.0 Å². The number of carbonyl (C=O) groups is 1. The minimum atomic E-state index is -4.54. The SMILES string of the molecule is O=C(Nc1cn2cc(-c3c(C(F)(F)F)ccc4[nH]ncc34)ccc2n1)[C@@H]1C[C@@H]1F. The molecule has 0 unspecified atom stereocenters. The summed E-state index contributed by atoms with van der Waals surface area (Å²) in [5.41, 5.74) is 0.463. The van der Waals surface area contributed by atoms with Crippen LogP contribution in [0.4, 0.5) is 23.4 Å². The number of anilines is 1. The fourth-order valence-corrected chi connectivity index (χ4v) is 3.42. The molecule has 1 aliphatic carbocycles. The van der Waals surface area contributed by atoms with E-state index in [0.29, 0.717) is 22.1 Å². The van der Waals surface area contributed by atoms with Crippen LogP contribution in [0.2, 0.25) is 0 Å². The number of nitrogens with one attached hydrogen (secondary N) is 2. The Kier molecular flexibility index (Phi) is 3.67. The molecule has 148 valence electrons. The van der Waals surface area contributed by atoms with Gasteiger partial charge in [0, 0.05) is 17.1 Å². The second-order valence-electron chi connectivity index (χ2n) is 6.97. The molecule has 0 spiro atoms. The van der Waals surface area contributed by atoms with Crippen LogP contribution < -0.4 is 5.32 Å². The summed E-state index contributed by atoms with van der Waals surface area (Å²) in [6.45, 7) is 0. The number of halogens is 4. The molecule has 3 heterocycles. The van der Waals surface area contributed by atoms with Crippen molar-refractivity contribution < 1.29 is 22.4 Å². The Morgan fingerprint density at radius 1 is 1.21 bits per heavy atom. The van der Waals surface area contributed by atoms with Gasteiger partial charge in [-0.05, 0) is 36.2 Å². The van der Waals surface area contributed by atoms with Crippen molar-refractivity contribution in [1.29, 1.82) is 0 Å². The van der Waals surface area contributed by atoms with Gasteiger partial charge in [-0.15, -0.1) is 0 Å². The van der Waals surface area contributed by atoms with Crippen molar-refractivity contribution in [2.75, 3.05) is 5.32 Å². The Hall–Kier alpha value is -3.43. The number of carbonyl (C=O) groups excluding carboxylic acids is 1. The Balaban J connectivity index is 1.59. The first-order chi connectivity index (χ1) is 13.8. The molecule has 1 fully saturated rings. The Labute approximate surface area is 160 Å². The van der Waals surface area contributed by atoms with Gasteiger partial charge in [-0.3, -0.25) is 9.89 Å². The van der Waals surface area contributed by atoms with Gasteiger partial charge in [0.1, 0.15) is 11.8 Å². The third-order valence-corrected chi connectivity index (χ3v) is 4.97. The number of nitrogens with zero attached hydrogens (tertiary/aromatic N) is 3. The van der Waals surface area contributed by atoms with Crippen LogP contribution in [-0.4, -0.2) is 31.7 Å². The van der Waals surface area contributed by atoms with E-state index in [4.69, 9.17) is 0 Å². The third kappa shape index (κ3) is 3.00. The molecule has 0 saturated heterocycles. The fraction of sp³-hybridized carbons (Fsp3) is 0.211. The second-order valence-corrected chi connectivity index (χ2v) is 6.97. The summed E-state index contributed by atoms with van der Waals surface area (Å²) in [5, 5.41) is 9.41. The van der Waals surface area contributed by atoms with Crippen molar-refractivity contribution in [3.8, 4) is 11.1 Å². The highest BCUT2D eigenvalue weighted by Gasteiger charge is 2.43. The number of pyridine rings is 1. The zero-order valence-electron chi connectivity index (χ0n) is 14.7. The van der Waals surface area contributed by atoms with Crippen LogP contribution in [0.1, 0.15) is 12.0 Å². The number of imidazole rings is 1. The minimum absolute atomic E-state index is 0.00295. The number of alkyl halides is 4. The van der Waals surface area contributed by atoms with Crippen molar-refractivity contribution in [3.05, 3.63) is 48.4 Å². The summed E-state index contributed by atoms with van der Waals surface area (Å²) in [7, 11) is 0. The van der Waals surface area contributed by atoms with Gasteiger partial charge < -0.3 is 9.72 Å². The summed E-state index contributed by atoms with van der Waals surface area (Å²) < 4.78 is 55.4. The monoisotopic (exact) mass is 403 g/mol. The second kappa shape index (κ2) is 6.03. The van der Waals surface area contributed by atoms with Gasteiger partial charge in [0.2, 0.25) is 5.91 Å². The molecule has 29 heavy (non-hydrogen) atoms. The number of H-pyrrole nitrogens is 1. The molecule has 1 aromatic carbocycles. The Bertz CT molecular complexity index is 1260. The van der Waals surface area contributed by atoms with Gasteiger partial charge in [0.15, 0.2) is 5.82 Å². The number of hydrogen-bond acceptors (Lipinski definition) is 3. The maximum absolute atomic E-state index is 13.6. The molecule has 4 aromatic rings. The molecule has 0 radical (unpaired) electrons. The zero-order chi connectivity index (χ0) is 20.3. The van der Waals surface area contributed by atoms with Crippen LogP contribution in [0.3, 0.4) is 0 Å². The first-order valence-corrected chi connectivity index (χ1v) is 8.78. The van der Waals surface area contributed by atoms with E-state index in [1.54, 1.807) is 6.07 Å². The largest absolute Gasteiger partial charge is 0.417 e. The van der Waals surface area contributed by atoms with Crippen molar-refractivity contribution in [2.24, 2.45) is 5.92 Å². The zero-order valence-corrected chi connectivity index (χ0v) is 14.7. The molecule has 5 rings (SSSR count). The smallest absolute Gasteiger partial charge is 0.309 e. The molecule has 2 atom stereocenters. The predicted octanol–water partition coefficient (Wildman–Crippen LogP) is 4.19. The van der Waals surface area contributed by atoms with Crippen LogP contribution in [0, 0.1) is 5.92 Å². The highest BCUT2D eigenvalue weighted by molar-refractivity contribution is 5.97. The predicted molar refractivity (Wildman–Crippen MR) is 96.9 cm³/mol. The standard InChI is InChI=1S/C19H13F4N5O/c20-13-5-10(13)18(29)26-15-8-28-7-9(1-4-16(28)25-15)17-11-6-24-27-14(11)3-2-12(17)19(21,22)23/h1-4,6-8,10,13H,5H2,(H,24,27)(H,26,29)/t10-,13+/m1/s1. The number of benzene rings is 1. The summed E-state index contributed by atoms with van der Waals surface area (Å²) in [6.07, 6.45) is -1.14. The van der Waals surface area contributed by atoms with Crippen molar-refractivity contribution in [2.45, 2.75) is 18.8 Å². The minimum Gasteiger partial charge on any atom is -0.309 e. The molecule has 1 aliphatic rings. The van der Waals surface area contributed by atoms with Crippen LogP contribution in [0.5, 0.6) is 0 Å². The first kappa shape index (κ1) is 17.7. The summed E-state index contributed by atoms with van der Waals surface area (Å²) in [4.78, 5) is 16.1. The van der Waals surface area contributed by atoms with Gasteiger partial charge in [-0.2, -0.15) is 18.3 Å². The fourth-order valence-electron chi connectivity index (χ4n) is 3.42. The molecule has 1 saturated carbocycles. The van der Waals surface area contributed by atoms with E-state index in [9.17, 15) is 22.4 Å². The summed E-state index contributed by atoms with van der Waals surface area (Å²) in [6, 6.07) is 5.44. The molecule has 2 N–H and O–H groups in total. The average molecular weight is 403 g/mol. The third-order valence-electron chi connectivity index (χ3n) is 4.97. The van der Waals surface area contributed by atoms with Gasteiger partial charge in [-0.1, -0.05) is 0 Å². The number of aromatic amines is 1. The molecule has 3 aromatic heterocycles. The number of amides is 1. The van der Waals surface area contributed by atoms with E-state index in [2.05, 4.69) is 20.5 Å². The van der Waals surface area contributed by atoms with E-state index in [1.165, 1.54) is 35.1 Å². The van der Waals surface area contributed by atoms with E-state index in [1.807, 2.05) is 0 Å². The van der Waals surface area contributed by atoms with E-state index in [-0.39, 0.29) is 17.8 Å². The molecule has 0 bridgehead atoms. The Morgan fingerprint density at radius 2 is 2.00 bits per heavy atom. The topological polar surface area (TPSA) is 75.1 Å². The van der Waals surface area contributed by atoms with Gasteiger partial charge in [0.25, 0.3) is 0 Å². The highest BCUT2D eigenvalue weighted by Crippen LogP contribution is 2.41. The van der Waals surface area contributed by atoms with Crippen LogP contribution in [0.15, 0.2) is 42.9 Å². The lowest BCUT2D eigenvalue weighted by molar-refractivity contribution is -0.137.